The molecule has 1 saturated carbocycles. The molecule has 2 unspecified atom stereocenters. The van der Waals surface area contributed by atoms with Gasteiger partial charge in [0.2, 0.25) is 11.8 Å². The molecule has 1 aromatic heterocycles. The van der Waals surface area contributed by atoms with E-state index < -0.39 is 0 Å². The highest BCUT2D eigenvalue weighted by Gasteiger charge is 2.22. The Bertz CT molecular complexity index is 391. The summed E-state index contributed by atoms with van der Waals surface area (Å²) in [6.45, 7) is 0.869. The number of alkyl halides is 1. The maximum atomic E-state index is 6.07. The van der Waals surface area contributed by atoms with Gasteiger partial charge in [0.1, 0.15) is 0 Å². The first-order valence-electron chi connectivity index (χ1n) is 5.63. The molecule has 4 nitrogen and oxygen atoms in total. The number of anilines is 1. The zero-order valence-electron chi connectivity index (χ0n) is 9.62. The van der Waals surface area contributed by atoms with Crippen molar-refractivity contribution in [2.45, 2.75) is 24.6 Å². The van der Waals surface area contributed by atoms with Gasteiger partial charge in [0.05, 0.1) is 17.8 Å². The summed E-state index contributed by atoms with van der Waals surface area (Å²) in [7, 11) is 1.59. The molecule has 2 atom stereocenters. The lowest BCUT2D eigenvalue weighted by Crippen LogP contribution is -2.13. The van der Waals surface area contributed by atoms with Crippen LogP contribution in [0.25, 0.3) is 0 Å². The number of ether oxygens (including phenoxy) is 1. The molecule has 2 rings (SSSR count). The van der Waals surface area contributed by atoms with Crippen LogP contribution in [0.4, 0.5) is 5.95 Å². The Morgan fingerprint density at radius 2 is 2.41 bits per heavy atom. The average molecular weight is 321 g/mol. The van der Waals surface area contributed by atoms with Gasteiger partial charge in [-0.1, -0.05) is 0 Å². The minimum absolute atomic E-state index is 0.335. The Kier molecular flexibility index (Phi) is 4.45. The van der Waals surface area contributed by atoms with Crippen molar-refractivity contribution in [3.63, 3.8) is 0 Å². The van der Waals surface area contributed by atoms with Gasteiger partial charge in [-0.05, 0) is 41.1 Å². The molecule has 1 aliphatic carbocycles. The molecule has 0 radical (unpaired) electrons. The van der Waals surface area contributed by atoms with Crippen LogP contribution in [0.15, 0.2) is 10.7 Å². The van der Waals surface area contributed by atoms with E-state index in [0.29, 0.717) is 23.1 Å². The highest BCUT2D eigenvalue weighted by atomic mass is 79.9. The molecular formula is C11H15BrClN3O. The maximum absolute atomic E-state index is 6.07. The quantitative estimate of drug-likeness (QED) is 0.866. The van der Waals surface area contributed by atoms with Gasteiger partial charge >= 0.3 is 0 Å². The first-order valence-corrected chi connectivity index (χ1v) is 6.86. The molecule has 1 N–H and O–H groups in total. The van der Waals surface area contributed by atoms with E-state index in [0.717, 1.165) is 23.9 Å². The third kappa shape index (κ3) is 3.45. The number of rotatable bonds is 4. The summed E-state index contributed by atoms with van der Waals surface area (Å²) in [5, 5.41) is 3.56. The van der Waals surface area contributed by atoms with Crippen molar-refractivity contribution >= 4 is 33.5 Å². The van der Waals surface area contributed by atoms with Gasteiger partial charge in [0.25, 0.3) is 0 Å². The molecule has 0 saturated heterocycles. The predicted octanol–water partition coefficient (Wildman–Crippen LogP) is 3.07. The summed E-state index contributed by atoms with van der Waals surface area (Å²) >= 11 is 9.39. The van der Waals surface area contributed by atoms with E-state index in [2.05, 4.69) is 31.2 Å². The Morgan fingerprint density at radius 3 is 3.06 bits per heavy atom. The van der Waals surface area contributed by atoms with Crippen molar-refractivity contribution in [2.75, 3.05) is 19.0 Å². The largest absolute Gasteiger partial charge is 0.480 e. The first-order chi connectivity index (χ1) is 8.19. The van der Waals surface area contributed by atoms with Crippen LogP contribution in [-0.4, -0.2) is 29.0 Å². The van der Waals surface area contributed by atoms with E-state index in [1.807, 2.05) is 0 Å². The zero-order valence-corrected chi connectivity index (χ0v) is 12.0. The normalized spacial score (nSPS) is 23.7. The molecule has 0 spiro atoms. The second-order valence-corrected chi connectivity index (χ2v) is 5.68. The van der Waals surface area contributed by atoms with Crippen LogP contribution >= 0.6 is 27.5 Å². The van der Waals surface area contributed by atoms with Gasteiger partial charge in [0.15, 0.2) is 0 Å². The zero-order chi connectivity index (χ0) is 12.3. The molecule has 94 valence electrons. The fourth-order valence-corrected chi connectivity index (χ4v) is 2.75. The smallest absolute Gasteiger partial charge is 0.232 e. The summed E-state index contributed by atoms with van der Waals surface area (Å²) in [6, 6.07) is 0. The Hall–Kier alpha value is -0.550. The van der Waals surface area contributed by atoms with Crippen LogP contribution in [0.3, 0.4) is 0 Å². The van der Waals surface area contributed by atoms with Crippen LogP contribution in [0, 0.1) is 5.92 Å². The fraction of sp³-hybridized carbons (Fsp3) is 0.636. The monoisotopic (exact) mass is 319 g/mol. The molecule has 0 bridgehead atoms. The number of halogens is 2. The summed E-state index contributed by atoms with van der Waals surface area (Å²) in [5.41, 5.74) is 0. The van der Waals surface area contributed by atoms with Crippen LogP contribution < -0.4 is 10.1 Å². The van der Waals surface area contributed by atoms with Crippen molar-refractivity contribution in [3.05, 3.63) is 10.7 Å². The van der Waals surface area contributed by atoms with E-state index in [9.17, 15) is 0 Å². The van der Waals surface area contributed by atoms with Gasteiger partial charge in [-0.2, -0.15) is 4.98 Å². The SMILES string of the molecule is COc1nc(NCC2CCC(Cl)C2)ncc1Br. The van der Waals surface area contributed by atoms with Gasteiger partial charge in [0, 0.05) is 11.9 Å². The minimum atomic E-state index is 0.335. The number of hydrogen-bond acceptors (Lipinski definition) is 4. The van der Waals surface area contributed by atoms with Crippen LogP contribution in [0.1, 0.15) is 19.3 Å². The van der Waals surface area contributed by atoms with Crippen molar-refractivity contribution in [1.29, 1.82) is 0 Å². The number of hydrogen-bond donors (Lipinski definition) is 1. The first kappa shape index (κ1) is 12.9. The highest BCUT2D eigenvalue weighted by Crippen LogP contribution is 2.29. The third-order valence-electron chi connectivity index (χ3n) is 2.93. The number of nitrogens with one attached hydrogen (secondary N) is 1. The van der Waals surface area contributed by atoms with E-state index in [1.165, 1.54) is 6.42 Å². The van der Waals surface area contributed by atoms with Gasteiger partial charge in [-0.15, -0.1) is 11.6 Å². The summed E-state index contributed by atoms with van der Waals surface area (Å²) in [5.74, 6) is 1.77. The lowest BCUT2D eigenvalue weighted by Gasteiger charge is -2.11. The topological polar surface area (TPSA) is 47.0 Å². The molecule has 0 aliphatic heterocycles. The molecular weight excluding hydrogens is 305 g/mol. The second-order valence-electron chi connectivity index (χ2n) is 4.21. The van der Waals surface area contributed by atoms with Crippen molar-refractivity contribution in [3.8, 4) is 5.88 Å². The number of nitrogens with zero attached hydrogens (tertiary/aromatic N) is 2. The van der Waals surface area contributed by atoms with Crippen LogP contribution in [0.2, 0.25) is 0 Å². The molecule has 1 fully saturated rings. The Morgan fingerprint density at radius 1 is 1.59 bits per heavy atom. The van der Waals surface area contributed by atoms with Crippen LogP contribution in [0.5, 0.6) is 5.88 Å². The van der Waals surface area contributed by atoms with E-state index >= 15 is 0 Å². The van der Waals surface area contributed by atoms with E-state index in [-0.39, 0.29) is 0 Å². The molecule has 6 heteroatoms. The van der Waals surface area contributed by atoms with E-state index in [1.54, 1.807) is 13.3 Å². The molecule has 0 amide bonds. The number of aromatic nitrogens is 2. The Balaban J connectivity index is 1.90. The third-order valence-corrected chi connectivity index (χ3v) is 3.87. The summed E-state index contributed by atoms with van der Waals surface area (Å²) in [4.78, 5) is 8.43. The lowest BCUT2D eigenvalue weighted by molar-refractivity contribution is 0.394. The van der Waals surface area contributed by atoms with Gasteiger partial charge in [-0.3, -0.25) is 0 Å². The van der Waals surface area contributed by atoms with Crippen molar-refractivity contribution in [1.82, 2.24) is 9.97 Å². The van der Waals surface area contributed by atoms with Crippen LogP contribution in [-0.2, 0) is 0 Å². The molecule has 0 aromatic carbocycles. The highest BCUT2D eigenvalue weighted by molar-refractivity contribution is 9.10. The predicted molar refractivity (Wildman–Crippen MR) is 71.8 cm³/mol. The molecule has 1 heterocycles. The van der Waals surface area contributed by atoms with Gasteiger partial charge in [-0.25, -0.2) is 4.98 Å². The minimum Gasteiger partial charge on any atom is -0.480 e. The van der Waals surface area contributed by atoms with Crippen molar-refractivity contribution in [2.24, 2.45) is 5.92 Å². The maximum Gasteiger partial charge on any atom is 0.232 e. The standard InChI is InChI=1S/C11H15BrClN3O/c1-17-10-9(12)6-15-11(16-10)14-5-7-2-3-8(13)4-7/h6-8H,2-5H2,1H3,(H,14,15,16). The van der Waals surface area contributed by atoms with Crippen molar-refractivity contribution < 1.29 is 4.74 Å². The molecule has 17 heavy (non-hydrogen) atoms. The molecule has 1 aliphatic rings. The second kappa shape index (κ2) is 5.87. The van der Waals surface area contributed by atoms with Gasteiger partial charge < -0.3 is 10.1 Å². The Labute approximate surface area is 114 Å². The summed E-state index contributed by atoms with van der Waals surface area (Å²) < 4.78 is 5.87. The average Bonchev–Trinajstić information content (AvgIpc) is 2.74. The fourth-order valence-electron chi connectivity index (χ4n) is 2.01. The lowest BCUT2D eigenvalue weighted by atomic mass is 10.1. The summed E-state index contributed by atoms with van der Waals surface area (Å²) in [6.07, 6.45) is 5.04. The number of methoxy groups -OCH3 is 1. The molecule has 1 aromatic rings. The van der Waals surface area contributed by atoms with E-state index in [4.69, 9.17) is 16.3 Å².